The van der Waals surface area contributed by atoms with Crippen molar-refractivity contribution in [2.24, 2.45) is 0 Å². The standard InChI is InChI=1S/C22H21BrN2O/c23-16-8-6-15(7-9-16)22(11-3-12-22)21(26)25-13-10-20-18(14-25)17-4-1-2-5-19(17)24-20/h1-2,4-9,24H,3,10-14H2. The number of aromatic nitrogens is 1. The van der Waals surface area contributed by atoms with Gasteiger partial charge in [-0.15, -0.1) is 0 Å². The van der Waals surface area contributed by atoms with E-state index in [0.717, 1.165) is 43.2 Å². The van der Waals surface area contributed by atoms with Gasteiger partial charge in [0.25, 0.3) is 0 Å². The zero-order chi connectivity index (χ0) is 17.7. The van der Waals surface area contributed by atoms with E-state index >= 15 is 0 Å². The van der Waals surface area contributed by atoms with Crippen LogP contribution in [0.25, 0.3) is 10.9 Å². The number of H-pyrrole nitrogens is 1. The average molecular weight is 409 g/mol. The summed E-state index contributed by atoms with van der Waals surface area (Å²) < 4.78 is 1.06. The normalized spacial score (nSPS) is 18.4. The highest BCUT2D eigenvalue weighted by atomic mass is 79.9. The number of nitrogens with one attached hydrogen (secondary N) is 1. The third-order valence-electron chi connectivity index (χ3n) is 6.18. The molecule has 1 saturated carbocycles. The SMILES string of the molecule is O=C(N1CCc2[nH]c3ccccc3c2C1)C1(c2ccc(Br)cc2)CCC1. The fourth-order valence-corrected chi connectivity index (χ4v) is 4.83. The molecular weight excluding hydrogens is 388 g/mol. The number of hydrogen-bond acceptors (Lipinski definition) is 1. The highest BCUT2D eigenvalue weighted by Crippen LogP contribution is 2.46. The minimum absolute atomic E-state index is 0.307. The number of halogens is 1. The van der Waals surface area contributed by atoms with Gasteiger partial charge < -0.3 is 9.88 Å². The van der Waals surface area contributed by atoms with E-state index < -0.39 is 0 Å². The van der Waals surface area contributed by atoms with Crippen molar-refractivity contribution >= 4 is 32.7 Å². The number of fused-ring (bicyclic) bond motifs is 3. The second-order valence-corrected chi connectivity index (χ2v) is 8.46. The molecule has 0 radical (unpaired) electrons. The molecule has 0 bridgehead atoms. The summed E-state index contributed by atoms with van der Waals surface area (Å²) in [6, 6.07) is 16.7. The van der Waals surface area contributed by atoms with Crippen LogP contribution in [-0.4, -0.2) is 22.3 Å². The van der Waals surface area contributed by atoms with E-state index in [1.54, 1.807) is 0 Å². The molecule has 1 N–H and O–H groups in total. The van der Waals surface area contributed by atoms with Gasteiger partial charge >= 0.3 is 0 Å². The Morgan fingerprint density at radius 3 is 2.58 bits per heavy atom. The summed E-state index contributed by atoms with van der Waals surface area (Å²) in [6.07, 6.45) is 3.97. The summed E-state index contributed by atoms with van der Waals surface area (Å²) in [6.45, 7) is 1.52. The summed E-state index contributed by atoms with van der Waals surface area (Å²) in [7, 11) is 0. The molecule has 1 aliphatic carbocycles. The third-order valence-corrected chi connectivity index (χ3v) is 6.71. The molecule has 1 aliphatic heterocycles. The first-order chi connectivity index (χ1) is 12.7. The van der Waals surface area contributed by atoms with Gasteiger partial charge in [0, 0.05) is 46.1 Å². The lowest BCUT2D eigenvalue weighted by Crippen LogP contribution is -2.52. The van der Waals surface area contributed by atoms with Gasteiger partial charge in [-0.3, -0.25) is 4.79 Å². The molecule has 0 spiro atoms. The van der Waals surface area contributed by atoms with Crippen molar-refractivity contribution in [1.29, 1.82) is 0 Å². The first kappa shape index (κ1) is 16.1. The Balaban J connectivity index is 1.48. The molecular formula is C22H21BrN2O. The molecule has 2 heterocycles. The van der Waals surface area contributed by atoms with Crippen LogP contribution < -0.4 is 0 Å². The lowest BCUT2D eigenvalue weighted by molar-refractivity contribution is -0.141. The topological polar surface area (TPSA) is 36.1 Å². The number of carbonyl (C=O) groups excluding carboxylic acids is 1. The van der Waals surface area contributed by atoms with Gasteiger partial charge in [0.2, 0.25) is 5.91 Å². The molecule has 132 valence electrons. The molecule has 1 fully saturated rings. The van der Waals surface area contributed by atoms with Crippen molar-refractivity contribution < 1.29 is 4.79 Å². The summed E-state index contributed by atoms with van der Waals surface area (Å²) in [5, 5.41) is 1.26. The number of rotatable bonds is 2. The second kappa shape index (κ2) is 5.98. The fraction of sp³-hybridized carbons (Fsp3) is 0.318. The molecule has 2 aliphatic rings. The molecule has 1 amide bonds. The van der Waals surface area contributed by atoms with Crippen LogP contribution in [-0.2, 0) is 23.2 Å². The Bertz CT molecular complexity index is 985. The lowest BCUT2D eigenvalue weighted by Gasteiger charge is -2.45. The third kappa shape index (κ3) is 2.35. The number of hydrogen-bond donors (Lipinski definition) is 1. The Kier molecular flexibility index (Phi) is 3.71. The maximum absolute atomic E-state index is 13.6. The van der Waals surface area contributed by atoms with Crippen molar-refractivity contribution in [2.75, 3.05) is 6.54 Å². The van der Waals surface area contributed by atoms with Crippen LogP contribution in [0.1, 0.15) is 36.1 Å². The Morgan fingerprint density at radius 1 is 1.08 bits per heavy atom. The second-order valence-electron chi connectivity index (χ2n) is 7.55. The van der Waals surface area contributed by atoms with Gasteiger partial charge in [0.1, 0.15) is 0 Å². The first-order valence-electron chi connectivity index (χ1n) is 9.31. The van der Waals surface area contributed by atoms with Crippen LogP contribution in [0.3, 0.4) is 0 Å². The predicted octanol–water partition coefficient (Wildman–Crippen LogP) is 4.94. The van der Waals surface area contributed by atoms with Crippen LogP contribution in [0, 0.1) is 0 Å². The van der Waals surface area contributed by atoms with Gasteiger partial charge in [-0.25, -0.2) is 0 Å². The van der Waals surface area contributed by atoms with Gasteiger partial charge in [0.05, 0.1) is 5.41 Å². The molecule has 26 heavy (non-hydrogen) atoms. The number of para-hydroxylation sites is 1. The smallest absolute Gasteiger partial charge is 0.233 e. The van der Waals surface area contributed by atoms with E-state index in [0.29, 0.717) is 5.91 Å². The summed E-state index contributed by atoms with van der Waals surface area (Å²) in [5.74, 6) is 0.307. The molecule has 2 aromatic carbocycles. The van der Waals surface area contributed by atoms with Crippen LogP contribution >= 0.6 is 15.9 Å². The minimum atomic E-state index is -0.315. The Morgan fingerprint density at radius 2 is 1.85 bits per heavy atom. The van der Waals surface area contributed by atoms with Crippen LogP contribution in [0.15, 0.2) is 53.0 Å². The monoisotopic (exact) mass is 408 g/mol. The van der Waals surface area contributed by atoms with E-state index in [1.165, 1.54) is 27.7 Å². The zero-order valence-electron chi connectivity index (χ0n) is 14.6. The van der Waals surface area contributed by atoms with Crippen molar-refractivity contribution in [3.63, 3.8) is 0 Å². The van der Waals surface area contributed by atoms with Gasteiger partial charge in [-0.05, 0) is 36.6 Å². The maximum Gasteiger partial charge on any atom is 0.233 e. The quantitative estimate of drug-likeness (QED) is 0.640. The van der Waals surface area contributed by atoms with Gasteiger partial charge in [0.15, 0.2) is 0 Å². The number of carbonyl (C=O) groups is 1. The number of aromatic amines is 1. The van der Waals surface area contributed by atoms with Crippen LogP contribution in [0.5, 0.6) is 0 Å². The summed E-state index contributed by atoms with van der Waals surface area (Å²) >= 11 is 3.50. The number of nitrogens with zero attached hydrogens (tertiary/aromatic N) is 1. The number of amides is 1. The number of benzene rings is 2. The Hall–Kier alpha value is -2.07. The molecule has 1 aromatic heterocycles. The predicted molar refractivity (Wildman–Crippen MR) is 107 cm³/mol. The van der Waals surface area contributed by atoms with Crippen LogP contribution in [0.4, 0.5) is 0 Å². The van der Waals surface area contributed by atoms with E-state index in [9.17, 15) is 4.79 Å². The van der Waals surface area contributed by atoms with Crippen LogP contribution in [0.2, 0.25) is 0 Å². The molecule has 5 rings (SSSR count). The molecule has 3 aromatic rings. The molecule has 0 atom stereocenters. The molecule has 0 saturated heterocycles. The minimum Gasteiger partial charge on any atom is -0.358 e. The van der Waals surface area contributed by atoms with Gasteiger partial charge in [-0.1, -0.05) is 52.7 Å². The van der Waals surface area contributed by atoms with E-state index in [1.807, 2.05) is 0 Å². The van der Waals surface area contributed by atoms with Crippen molar-refractivity contribution in [3.05, 3.63) is 69.8 Å². The van der Waals surface area contributed by atoms with E-state index in [4.69, 9.17) is 0 Å². The summed E-state index contributed by atoms with van der Waals surface area (Å²) in [4.78, 5) is 19.2. The van der Waals surface area contributed by atoms with Crippen molar-refractivity contribution in [2.45, 2.75) is 37.6 Å². The van der Waals surface area contributed by atoms with Gasteiger partial charge in [-0.2, -0.15) is 0 Å². The molecule has 0 unspecified atom stereocenters. The Labute approximate surface area is 161 Å². The van der Waals surface area contributed by atoms with Crippen molar-refractivity contribution in [3.8, 4) is 0 Å². The zero-order valence-corrected chi connectivity index (χ0v) is 16.2. The largest absolute Gasteiger partial charge is 0.358 e. The fourth-order valence-electron chi connectivity index (χ4n) is 4.57. The molecule has 4 heteroatoms. The first-order valence-corrected chi connectivity index (χ1v) is 10.1. The lowest BCUT2D eigenvalue weighted by atomic mass is 9.63. The highest BCUT2D eigenvalue weighted by molar-refractivity contribution is 9.10. The van der Waals surface area contributed by atoms with E-state index in [2.05, 4.69) is 74.3 Å². The van der Waals surface area contributed by atoms with E-state index in [-0.39, 0.29) is 5.41 Å². The maximum atomic E-state index is 13.6. The molecule has 3 nitrogen and oxygen atoms in total. The average Bonchev–Trinajstić information content (AvgIpc) is 3.00. The summed E-state index contributed by atoms with van der Waals surface area (Å²) in [5.41, 5.74) is 4.62. The van der Waals surface area contributed by atoms with Crippen molar-refractivity contribution in [1.82, 2.24) is 9.88 Å². The highest BCUT2D eigenvalue weighted by Gasteiger charge is 2.48.